The molecule has 0 aromatic carbocycles. The molecule has 0 aliphatic heterocycles. The molecule has 0 spiro atoms. The summed E-state index contributed by atoms with van der Waals surface area (Å²) in [6.07, 6.45) is 0. The molecule has 0 unspecified atom stereocenters. The number of rotatable bonds is 0. The van der Waals surface area contributed by atoms with Crippen molar-refractivity contribution in [2.24, 2.45) is 0 Å². The Morgan fingerprint density at radius 2 is 1.00 bits per heavy atom. The first kappa shape index (κ1) is 16.8. The van der Waals surface area contributed by atoms with Crippen LogP contribution in [0.2, 0.25) is 11.5 Å². The molecule has 0 atom stereocenters. The van der Waals surface area contributed by atoms with E-state index in [9.17, 15) is 0 Å². The van der Waals surface area contributed by atoms with Gasteiger partial charge in [0.25, 0.3) is 0 Å². The molecular formula is C6H12GeO4. The number of carboxylic acid groups (broad SMARTS) is 2. The zero-order valence-corrected chi connectivity index (χ0v) is 9.23. The van der Waals surface area contributed by atoms with E-state index in [2.05, 4.69) is 11.5 Å². The van der Waals surface area contributed by atoms with Crippen LogP contribution in [0.15, 0.2) is 0 Å². The summed E-state index contributed by atoms with van der Waals surface area (Å²) < 4.78 is 0. The third-order valence-electron chi connectivity index (χ3n) is 0. The van der Waals surface area contributed by atoms with Crippen molar-refractivity contribution >= 4 is 27.4 Å². The fraction of sp³-hybridized carbons (Fsp3) is 0.667. The Bertz CT molecular complexity index is 82.8. The Labute approximate surface area is 73.1 Å². The van der Waals surface area contributed by atoms with Gasteiger partial charge in [0.2, 0.25) is 0 Å². The molecule has 0 saturated heterocycles. The first-order valence-corrected chi connectivity index (χ1v) is 7.01. The van der Waals surface area contributed by atoms with Gasteiger partial charge in [0.1, 0.15) is 0 Å². The number of hydrogen-bond acceptors (Lipinski definition) is 4. The van der Waals surface area contributed by atoms with Gasteiger partial charge in [-0.1, -0.05) is 0 Å². The molecule has 0 radical (unpaired) electrons. The number of hydrogen-bond donors (Lipinski definition) is 0. The van der Waals surface area contributed by atoms with E-state index in [1.165, 1.54) is 0 Å². The quantitative estimate of drug-likeness (QED) is 0.456. The Morgan fingerprint density at radius 1 is 1.00 bits per heavy atom. The second kappa shape index (κ2) is 16.2. The summed E-state index contributed by atoms with van der Waals surface area (Å²) in [4.78, 5) is 17.8. The van der Waals surface area contributed by atoms with E-state index in [-0.39, 0.29) is 0 Å². The molecule has 5 heteroatoms. The molecule has 64 valence electrons. The average molecular weight is 221 g/mol. The minimum absolute atomic E-state index is 0.500. The molecule has 0 fully saturated rings. The third kappa shape index (κ3) is 1990. The van der Waals surface area contributed by atoms with Crippen LogP contribution < -0.4 is 10.2 Å². The van der Waals surface area contributed by atoms with Crippen LogP contribution in [0.3, 0.4) is 0 Å². The van der Waals surface area contributed by atoms with Crippen LogP contribution in [-0.2, 0) is 9.59 Å². The molecule has 0 heterocycles. The molecule has 0 amide bonds. The molecule has 0 aromatic heterocycles. The van der Waals surface area contributed by atoms with Gasteiger partial charge in [-0.05, 0) is 13.8 Å². The molecule has 0 aromatic rings. The average Bonchev–Trinajstić information content (AvgIpc) is 1.60. The van der Waals surface area contributed by atoms with E-state index >= 15 is 0 Å². The van der Waals surface area contributed by atoms with Crippen molar-refractivity contribution in [3.63, 3.8) is 0 Å². The van der Waals surface area contributed by atoms with Gasteiger partial charge in [0, 0.05) is 11.9 Å². The van der Waals surface area contributed by atoms with Crippen molar-refractivity contribution in [1.29, 1.82) is 0 Å². The summed E-state index contributed by atoms with van der Waals surface area (Å²) in [5, 5.41) is 17.8. The number of carbonyl (C=O) groups excluding carboxylic acids is 2. The zero-order valence-electron chi connectivity index (χ0n) is 7.13. The first-order chi connectivity index (χ1) is 4.88. The van der Waals surface area contributed by atoms with E-state index in [0.717, 1.165) is 13.8 Å². The second-order valence-electron chi connectivity index (χ2n) is 1.48. The maximum absolute atomic E-state index is 8.89. The molecule has 0 bridgehead atoms. The van der Waals surface area contributed by atoms with Crippen LogP contribution in [0, 0.1) is 0 Å². The Balaban J connectivity index is -0.0000000886. The number of carboxylic acids is 2. The summed E-state index contributed by atoms with van der Waals surface area (Å²) >= 11 is 0.500. The van der Waals surface area contributed by atoms with Gasteiger partial charge >= 0.3 is 26.9 Å². The van der Waals surface area contributed by atoms with E-state index in [1.807, 2.05) is 0 Å². The van der Waals surface area contributed by atoms with Gasteiger partial charge in [-0.3, -0.25) is 0 Å². The second-order valence-corrected chi connectivity index (χ2v) is 3.58. The molecule has 4 nitrogen and oxygen atoms in total. The van der Waals surface area contributed by atoms with Crippen molar-refractivity contribution < 1.29 is 19.8 Å². The van der Waals surface area contributed by atoms with Crippen LogP contribution >= 0.6 is 0 Å². The van der Waals surface area contributed by atoms with Crippen LogP contribution in [0.25, 0.3) is 0 Å². The third-order valence-corrected chi connectivity index (χ3v) is 0. The molecule has 0 N–H and O–H groups in total. The number of carbonyl (C=O) groups is 2. The Hall–Kier alpha value is -0.517. The van der Waals surface area contributed by atoms with Crippen LogP contribution in [0.4, 0.5) is 0 Å². The van der Waals surface area contributed by atoms with E-state index in [0.29, 0.717) is 15.4 Å². The van der Waals surface area contributed by atoms with Crippen molar-refractivity contribution in [3.8, 4) is 0 Å². The monoisotopic (exact) mass is 222 g/mol. The van der Waals surface area contributed by atoms with Gasteiger partial charge in [-0.25, -0.2) is 0 Å². The van der Waals surface area contributed by atoms with Crippen molar-refractivity contribution in [1.82, 2.24) is 0 Å². The Morgan fingerprint density at radius 3 is 1.00 bits per heavy atom. The van der Waals surface area contributed by atoms with Crippen molar-refractivity contribution in [2.75, 3.05) is 0 Å². The van der Waals surface area contributed by atoms with Crippen molar-refractivity contribution in [2.45, 2.75) is 25.4 Å². The van der Waals surface area contributed by atoms with Crippen LogP contribution in [0.5, 0.6) is 0 Å². The molecule has 0 aliphatic rings. The van der Waals surface area contributed by atoms with E-state index < -0.39 is 11.9 Å². The zero-order chi connectivity index (χ0) is 9.86. The number of aliphatic carboxylic acids is 2. The fourth-order valence-electron chi connectivity index (χ4n) is 0. The van der Waals surface area contributed by atoms with Crippen molar-refractivity contribution in [3.05, 3.63) is 0 Å². The van der Waals surface area contributed by atoms with Gasteiger partial charge in [-0.15, -0.1) is 0 Å². The predicted octanol–water partition coefficient (Wildman–Crippen LogP) is -1.70. The van der Waals surface area contributed by atoms with Gasteiger partial charge in [-0.2, -0.15) is 0 Å². The standard InChI is InChI=1S/C2H6Ge.2C2H4O2/c1-3-2;2*1-2(3)4/h1-2H3;2*1H3,(H,3,4)/q+2;;/p-2. The van der Waals surface area contributed by atoms with Crippen LogP contribution in [-0.4, -0.2) is 27.4 Å². The summed E-state index contributed by atoms with van der Waals surface area (Å²) in [5.41, 5.74) is 0. The topological polar surface area (TPSA) is 80.3 Å². The van der Waals surface area contributed by atoms with Gasteiger partial charge in [0.05, 0.1) is 0 Å². The normalized spacial score (nSPS) is 5.45. The molecule has 11 heavy (non-hydrogen) atoms. The minimum atomic E-state index is -1.08. The SMILES string of the molecule is CC(=O)[O-].CC(=O)[O-].[CH3][Ge+2][CH3]. The summed E-state index contributed by atoms with van der Waals surface area (Å²) in [5.74, 6) is 2.33. The summed E-state index contributed by atoms with van der Waals surface area (Å²) in [7, 11) is 0. The first-order valence-electron chi connectivity index (χ1n) is 2.82. The fourth-order valence-corrected chi connectivity index (χ4v) is 0. The molecule has 0 aliphatic carbocycles. The van der Waals surface area contributed by atoms with Crippen LogP contribution in [0.1, 0.15) is 13.8 Å². The van der Waals surface area contributed by atoms with E-state index in [4.69, 9.17) is 19.8 Å². The van der Waals surface area contributed by atoms with Gasteiger partial charge < -0.3 is 19.8 Å². The van der Waals surface area contributed by atoms with Gasteiger partial charge in [0.15, 0.2) is 0 Å². The molecule has 0 saturated carbocycles. The summed E-state index contributed by atoms with van der Waals surface area (Å²) in [6.45, 7) is 1.94. The summed E-state index contributed by atoms with van der Waals surface area (Å²) in [6, 6.07) is 0. The molecular weight excluding hydrogens is 209 g/mol. The predicted molar refractivity (Wildman–Crippen MR) is 38.8 cm³/mol. The Kier molecular flexibility index (Phi) is 24.8. The maximum atomic E-state index is 8.89. The van der Waals surface area contributed by atoms with E-state index in [1.54, 1.807) is 0 Å². The molecule has 0 rings (SSSR count).